The zero-order valence-corrected chi connectivity index (χ0v) is 31.6. The van der Waals surface area contributed by atoms with Gasteiger partial charge in [-0.15, -0.1) is 0 Å². The lowest BCUT2D eigenvalue weighted by molar-refractivity contribution is 1.18. The minimum atomic E-state index is 0.703. The second kappa shape index (κ2) is 15.4. The predicted octanol–water partition coefficient (Wildman–Crippen LogP) is 13.8. The quantitative estimate of drug-likeness (QED) is 0.156. The molecule has 0 fully saturated rings. The summed E-state index contributed by atoms with van der Waals surface area (Å²) in [4.78, 5) is 20.2. The first-order valence-electron chi connectivity index (χ1n) is 19.5. The third kappa shape index (κ3) is 7.07. The van der Waals surface area contributed by atoms with Gasteiger partial charge in [0.15, 0.2) is 11.6 Å². The average Bonchev–Trinajstić information content (AvgIpc) is 3.32. The Bertz CT molecular complexity index is 2920. The Morgan fingerprint density at radius 1 is 0.224 bits per heavy atom. The number of rotatable bonds is 8. The van der Waals surface area contributed by atoms with Crippen LogP contribution in [0.15, 0.2) is 218 Å². The van der Waals surface area contributed by atoms with Crippen LogP contribution in [0.1, 0.15) is 0 Å². The average molecular weight is 741 g/mol. The Morgan fingerprint density at radius 2 is 0.603 bits per heavy atom. The van der Waals surface area contributed by atoms with E-state index in [1.165, 1.54) is 10.8 Å². The van der Waals surface area contributed by atoms with Crippen molar-refractivity contribution in [2.45, 2.75) is 0 Å². The molecule has 0 aliphatic heterocycles. The summed E-state index contributed by atoms with van der Waals surface area (Å²) in [5, 5.41) is 2.36. The molecule has 272 valence electrons. The van der Waals surface area contributed by atoms with E-state index in [0.29, 0.717) is 11.6 Å². The van der Waals surface area contributed by atoms with Crippen molar-refractivity contribution < 1.29 is 0 Å². The highest BCUT2D eigenvalue weighted by Crippen LogP contribution is 2.36. The first kappa shape index (κ1) is 34.7. The summed E-state index contributed by atoms with van der Waals surface area (Å²) >= 11 is 0. The van der Waals surface area contributed by atoms with Crippen molar-refractivity contribution >= 4 is 10.8 Å². The van der Waals surface area contributed by atoms with Gasteiger partial charge in [0.05, 0.1) is 22.8 Å². The predicted molar refractivity (Wildman–Crippen MR) is 239 cm³/mol. The van der Waals surface area contributed by atoms with Crippen LogP contribution in [0.3, 0.4) is 0 Å². The van der Waals surface area contributed by atoms with Crippen LogP contribution in [0.5, 0.6) is 0 Å². The van der Waals surface area contributed by atoms with E-state index in [1.54, 1.807) is 0 Å². The molecule has 0 unspecified atom stereocenters. The molecule has 2 aromatic heterocycles. The van der Waals surface area contributed by atoms with E-state index in [9.17, 15) is 0 Å². The molecule has 4 nitrogen and oxygen atoms in total. The molecule has 10 rings (SSSR count). The fourth-order valence-electron chi connectivity index (χ4n) is 7.54. The normalized spacial score (nSPS) is 11.1. The van der Waals surface area contributed by atoms with E-state index < -0.39 is 0 Å². The van der Waals surface area contributed by atoms with E-state index in [4.69, 9.17) is 19.9 Å². The van der Waals surface area contributed by atoms with Gasteiger partial charge in [-0.05, 0) is 63.4 Å². The minimum Gasteiger partial charge on any atom is -0.228 e. The first-order chi connectivity index (χ1) is 28.7. The van der Waals surface area contributed by atoms with Crippen molar-refractivity contribution in [3.05, 3.63) is 218 Å². The van der Waals surface area contributed by atoms with Crippen LogP contribution in [0.25, 0.3) is 101 Å². The van der Waals surface area contributed by atoms with Crippen LogP contribution < -0.4 is 0 Å². The highest BCUT2D eigenvalue weighted by molar-refractivity contribution is 5.99. The monoisotopic (exact) mass is 740 g/mol. The topological polar surface area (TPSA) is 51.6 Å². The molecule has 58 heavy (non-hydrogen) atoms. The number of fused-ring (bicyclic) bond motifs is 1. The minimum absolute atomic E-state index is 0.703. The number of nitrogens with zero attached hydrogens (tertiary/aromatic N) is 4. The maximum atomic E-state index is 5.11. The summed E-state index contributed by atoms with van der Waals surface area (Å²) < 4.78 is 0. The van der Waals surface area contributed by atoms with Gasteiger partial charge in [-0.3, -0.25) is 0 Å². The van der Waals surface area contributed by atoms with Crippen LogP contribution in [-0.2, 0) is 0 Å². The van der Waals surface area contributed by atoms with Crippen LogP contribution in [-0.4, -0.2) is 19.9 Å². The van der Waals surface area contributed by atoms with Crippen LogP contribution in [0.4, 0.5) is 0 Å². The van der Waals surface area contributed by atoms with Crippen molar-refractivity contribution in [1.82, 2.24) is 19.9 Å². The van der Waals surface area contributed by atoms with Crippen molar-refractivity contribution in [2.24, 2.45) is 0 Å². The lowest BCUT2D eigenvalue weighted by atomic mass is 9.93. The van der Waals surface area contributed by atoms with Gasteiger partial charge in [0.25, 0.3) is 0 Å². The summed E-state index contributed by atoms with van der Waals surface area (Å²) in [6.45, 7) is 0. The molecule has 10 aromatic rings. The summed E-state index contributed by atoms with van der Waals surface area (Å²) in [6, 6.07) is 75.8. The number of aromatic nitrogens is 4. The maximum absolute atomic E-state index is 5.11. The third-order valence-electron chi connectivity index (χ3n) is 10.5. The molecular formula is C54H36N4. The summed E-state index contributed by atoms with van der Waals surface area (Å²) in [5.74, 6) is 1.41. The highest BCUT2D eigenvalue weighted by Gasteiger charge is 2.14. The molecule has 0 aliphatic rings. The number of hydrogen-bond donors (Lipinski definition) is 0. The van der Waals surface area contributed by atoms with Crippen LogP contribution in [0, 0.1) is 0 Å². The molecule has 0 saturated heterocycles. The lowest BCUT2D eigenvalue weighted by Gasteiger charge is -2.13. The van der Waals surface area contributed by atoms with Gasteiger partial charge >= 0.3 is 0 Å². The molecule has 0 N–H and O–H groups in total. The standard InChI is InChI=1S/C54H36N4/c1-5-16-38(17-6-1)49-35-51(57-53(55-49)40-20-9-3-10-21-40)45-27-13-25-42(32-45)43-31-30-37-24-15-29-47(48(37)34-43)44-26-14-28-46(33-44)52-36-50(39-18-7-2-8-19-39)56-54(58-52)41-22-11-4-12-23-41/h1-36H. The second-order valence-corrected chi connectivity index (χ2v) is 14.3. The fraction of sp³-hybridized carbons (Fsp3) is 0. The second-order valence-electron chi connectivity index (χ2n) is 14.3. The summed E-state index contributed by atoms with van der Waals surface area (Å²) in [7, 11) is 0. The van der Waals surface area contributed by atoms with E-state index >= 15 is 0 Å². The van der Waals surface area contributed by atoms with E-state index in [0.717, 1.165) is 78.4 Å². The molecule has 0 saturated carbocycles. The first-order valence-corrected chi connectivity index (χ1v) is 19.5. The molecule has 0 atom stereocenters. The Balaban J connectivity index is 1.04. The van der Waals surface area contributed by atoms with Gasteiger partial charge in [-0.25, -0.2) is 19.9 Å². The number of hydrogen-bond acceptors (Lipinski definition) is 4. The van der Waals surface area contributed by atoms with E-state index in [1.807, 2.05) is 72.8 Å². The molecule has 0 aliphatic carbocycles. The largest absolute Gasteiger partial charge is 0.228 e. The van der Waals surface area contributed by atoms with E-state index in [2.05, 4.69) is 146 Å². The Hall–Kier alpha value is -7.82. The maximum Gasteiger partial charge on any atom is 0.160 e. The van der Waals surface area contributed by atoms with Gasteiger partial charge < -0.3 is 0 Å². The Kier molecular flexibility index (Phi) is 9.18. The van der Waals surface area contributed by atoms with Gasteiger partial charge in [0, 0.05) is 33.4 Å². The van der Waals surface area contributed by atoms with Gasteiger partial charge in [0.2, 0.25) is 0 Å². The molecule has 0 radical (unpaired) electrons. The third-order valence-corrected chi connectivity index (χ3v) is 10.5. The lowest BCUT2D eigenvalue weighted by Crippen LogP contribution is -1.96. The molecular weight excluding hydrogens is 705 g/mol. The molecule has 8 aromatic carbocycles. The molecule has 0 spiro atoms. The molecule has 0 amide bonds. The Morgan fingerprint density at radius 3 is 1.12 bits per heavy atom. The molecule has 0 bridgehead atoms. The van der Waals surface area contributed by atoms with Crippen molar-refractivity contribution in [1.29, 1.82) is 0 Å². The Labute approximate surface area is 337 Å². The van der Waals surface area contributed by atoms with Crippen molar-refractivity contribution in [3.8, 4) is 90.1 Å². The molecule has 2 heterocycles. The molecule has 4 heteroatoms. The van der Waals surface area contributed by atoms with Gasteiger partial charge in [-0.2, -0.15) is 0 Å². The SMILES string of the molecule is c1ccc(-c2cc(-c3cccc(-c4ccc5cccc(-c6cccc(-c7cc(-c8ccccc8)nc(-c8ccccc8)n7)c6)c5c4)c3)nc(-c3ccccc3)n2)cc1. The van der Waals surface area contributed by atoms with Crippen molar-refractivity contribution in [3.63, 3.8) is 0 Å². The number of benzene rings is 8. The summed E-state index contributed by atoms with van der Waals surface area (Å²) in [6.07, 6.45) is 0. The zero-order chi connectivity index (χ0) is 38.7. The van der Waals surface area contributed by atoms with E-state index in [-0.39, 0.29) is 0 Å². The van der Waals surface area contributed by atoms with Crippen LogP contribution in [0.2, 0.25) is 0 Å². The fourth-order valence-corrected chi connectivity index (χ4v) is 7.54. The smallest absolute Gasteiger partial charge is 0.160 e. The van der Waals surface area contributed by atoms with Crippen LogP contribution >= 0.6 is 0 Å². The summed E-state index contributed by atoms with van der Waals surface area (Å²) in [5.41, 5.74) is 14.2. The van der Waals surface area contributed by atoms with Crippen molar-refractivity contribution in [2.75, 3.05) is 0 Å². The highest BCUT2D eigenvalue weighted by atomic mass is 14.9. The van der Waals surface area contributed by atoms with Gasteiger partial charge in [-0.1, -0.05) is 188 Å². The zero-order valence-electron chi connectivity index (χ0n) is 31.6. The van der Waals surface area contributed by atoms with Gasteiger partial charge in [0.1, 0.15) is 0 Å².